The molecular formula is C60H39N3. The first-order valence-electron chi connectivity index (χ1n) is 21.7. The fourth-order valence-electron chi connectivity index (χ4n) is 10.5. The van der Waals surface area contributed by atoms with Crippen molar-refractivity contribution in [2.45, 2.75) is 0 Å². The minimum absolute atomic E-state index is 1.14. The van der Waals surface area contributed by atoms with Crippen molar-refractivity contribution in [3.8, 4) is 50.4 Å². The number of para-hydroxylation sites is 6. The predicted molar refractivity (Wildman–Crippen MR) is 266 cm³/mol. The van der Waals surface area contributed by atoms with Gasteiger partial charge < -0.3 is 13.7 Å². The molecule has 0 aliphatic rings. The van der Waals surface area contributed by atoms with Gasteiger partial charge in [0.15, 0.2) is 0 Å². The van der Waals surface area contributed by atoms with Crippen molar-refractivity contribution in [3.05, 3.63) is 237 Å². The summed E-state index contributed by atoms with van der Waals surface area (Å²) in [5.41, 5.74) is 17.7. The van der Waals surface area contributed by atoms with Crippen molar-refractivity contribution < 1.29 is 0 Å². The third kappa shape index (κ3) is 5.27. The number of hydrogen-bond donors (Lipinski definition) is 0. The molecule has 0 aliphatic heterocycles. The van der Waals surface area contributed by atoms with Gasteiger partial charge in [-0.25, -0.2) is 0 Å². The molecule has 3 aromatic heterocycles. The topological polar surface area (TPSA) is 14.8 Å². The van der Waals surface area contributed by atoms with E-state index in [9.17, 15) is 0 Å². The molecule has 0 bridgehead atoms. The van der Waals surface area contributed by atoms with E-state index in [1.807, 2.05) is 0 Å². The van der Waals surface area contributed by atoms with Crippen LogP contribution in [0, 0.1) is 0 Å². The Morgan fingerprint density at radius 2 is 0.698 bits per heavy atom. The molecule has 63 heavy (non-hydrogen) atoms. The molecule has 0 saturated heterocycles. The standard InChI is InChI=1S/C60H39N3/c1-4-20-40(21-5-1)43-30-18-31-44(41-22-6-2-7-23-41)59(43)63-54-36-17-12-28-49(54)57-47(32-19-37-55(57)63)45-26-10-15-34-52(45)62-53-35-16-13-29-50(53)58-56(62)39-38-48-46-27-11-14-33-51(46)61(60(48)58)42-24-8-3-9-25-42/h1-39H. The van der Waals surface area contributed by atoms with Gasteiger partial charge in [0, 0.05) is 54.7 Å². The minimum Gasteiger partial charge on any atom is -0.309 e. The van der Waals surface area contributed by atoms with Crippen molar-refractivity contribution >= 4 is 65.4 Å². The van der Waals surface area contributed by atoms with Crippen LogP contribution in [0.1, 0.15) is 0 Å². The summed E-state index contributed by atoms with van der Waals surface area (Å²) in [6.07, 6.45) is 0. The molecule has 0 fully saturated rings. The van der Waals surface area contributed by atoms with Crippen LogP contribution in [-0.2, 0) is 0 Å². The Morgan fingerprint density at radius 3 is 1.38 bits per heavy atom. The maximum atomic E-state index is 2.51. The van der Waals surface area contributed by atoms with E-state index in [0.717, 1.165) is 11.4 Å². The van der Waals surface area contributed by atoms with E-state index in [2.05, 4.69) is 250 Å². The lowest BCUT2D eigenvalue weighted by atomic mass is 9.95. The minimum atomic E-state index is 1.14. The van der Waals surface area contributed by atoms with Crippen LogP contribution in [0.25, 0.3) is 116 Å². The molecule has 0 unspecified atom stereocenters. The fourth-order valence-corrected chi connectivity index (χ4v) is 10.5. The van der Waals surface area contributed by atoms with Gasteiger partial charge in [0.2, 0.25) is 0 Å². The highest BCUT2D eigenvalue weighted by molar-refractivity contribution is 6.26. The Hall–Kier alpha value is -8.40. The van der Waals surface area contributed by atoms with Crippen LogP contribution in [0.2, 0.25) is 0 Å². The van der Waals surface area contributed by atoms with E-state index in [-0.39, 0.29) is 0 Å². The van der Waals surface area contributed by atoms with Gasteiger partial charge >= 0.3 is 0 Å². The summed E-state index contributed by atoms with van der Waals surface area (Å²) in [6.45, 7) is 0. The van der Waals surface area contributed by atoms with E-state index in [1.165, 1.54) is 104 Å². The zero-order valence-corrected chi connectivity index (χ0v) is 34.4. The summed E-state index contributed by atoms with van der Waals surface area (Å²) in [7, 11) is 0. The average Bonchev–Trinajstić information content (AvgIpc) is 4.00. The SMILES string of the molecule is c1ccc(-c2cccc(-c3ccccc3)c2-n2c3ccccc3c3c(-c4ccccc4-n4c5ccccc5c5c4ccc4c6ccccc6n(-c6ccccc6)c45)cccc32)cc1. The van der Waals surface area contributed by atoms with Crippen molar-refractivity contribution in [2.24, 2.45) is 0 Å². The third-order valence-electron chi connectivity index (χ3n) is 13.0. The zero-order valence-electron chi connectivity index (χ0n) is 34.4. The number of benzene rings is 10. The van der Waals surface area contributed by atoms with Gasteiger partial charge in [-0.3, -0.25) is 0 Å². The Bertz CT molecular complexity index is 3830. The normalized spacial score (nSPS) is 11.8. The quantitative estimate of drug-likeness (QED) is 0.159. The molecular weight excluding hydrogens is 763 g/mol. The molecule has 13 aromatic rings. The number of fused-ring (bicyclic) bond motifs is 10. The van der Waals surface area contributed by atoms with E-state index in [4.69, 9.17) is 0 Å². The van der Waals surface area contributed by atoms with Crippen LogP contribution >= 0.6 is 0 Å². The summed E-state index contributed by atoms with van der Waals surface area (Å²) < 4.78 is 7.48. The molecule has 0 N–H and O–H groups in total. The van der Waals surface area contributed by atoms with Gasteiger partial charge in [-0.2, -0.15) is 0 Å². The van der Waals surface area contributed by atoms with Crippen molar-refractivity contribution in [3.63, 3.8) is 0 Å². The smallest absolute Gasteiger partial charge is 0.0641 e. The lowest BCUT2D eigenvalue weighted by Gasteiger charge is -2.19. The van der Waals surface area contributed by atoms with Crippen LogP contribution in [-0.4, -0.2) is 13.7 Å². The Balaban J connectivity index is 1.12. The number of rotatable bonds is 6. The molecule has 3 heteroatoms. The highest BCUT2D eigenvalue weighted by Crippen LogP contribution is 2.47. The second kappa shape index (κ2) is 14.1. The summed E-state index contributed by atoms with van der Waals surface area (Å²) in [4.78, 5) is 0. The molecule has 13 rings (SSSR count). The Kier molecular flexibility index (Phi) is 7.91. The van der Waals surface area contributed by atoms with Crippen LogP contribution in [0.3, 0.4) is 0 Å². The monoisotopic (exact) mass is 801 g/mol. The first kappa shape index (κ1) is 35.4. The molecule has 0 spiro atoms. The van der Waals surface area contributed by atoms with Gasteiger partial charge in [-0.1, -0.05) is 188 Å². The maximum absolute atomic E-state index is 2.51. The molecule has 0 amide bonds. The fraction of sp³-hybridized carbons (Fsp3) is 0. The van der Waals surface area contributed by atoms with Gasteiger partial charge in [0.25, 0.3) is 0 Å². The molecule has 0 radical (unpaired) electrons. The van der Waals surface area contributed by atoms with E-state index in [0.29, 0.717) is 0 Å². The van der Waals surface area contributed by atoms with E-state index in [1.54, 1.807) is 0 Å². The van der Waals surface area contributed by atoms with E-state index >= 15 is 0 Å². The Labute approximate surface area is 364 Å². The second-order valence-electron chi connectivity index (χ2n) is 16.4. The number of nitrogens with zero attached hydrogens (tertiary/aromatic N) is 3. The van der Waals surface area contributed by atoms with Gasteiger partial charge in [-0.15, -0.1) is 0 Å². The Morgan fingerprint density at radius 1 is 0.238 bits per heavy atom. The molecule has 10 aromatic carbocycles. The highest BCUT2D eigenvalue weighted by atomic mass is 15.0. The summed E-state index contributed by atoms with van der Waals surface area (Å²) in [5, 5.41) is 7.43. The largest absolute Gasteiger partial charge is 0.309 e. The van der Waals surface area contributed by atoms with Gasteiger partial charge in [0.05, 0.1) is 44.5 Å². The molecule has 0 saturated carbocycles. The number of hydrogen-bond acceptors (Lipinski definition) is 0. The van der Waals surface area contributed by atoms with Crippen molar-refractivity contribution in [1.82, 2.24) is 13.7 Å². The van der Waals surface area contributed by atoms with Crippen LogP contribution in [0.5, 0.6) is 0 Å². The highest BCUT2D eigenvalue weighted by Gasteiger charge is 2.25. The van der Waals surface area contributed by atoms with Crippen molar-refractivity contribution in [1.29, 1.82) is 0 Å². The number of aromatic nitrogens is 3. The van der Waals surface area contributed by atoms with E-state index < -0.39 is 0 Å². The lowest BCUT2D eigenvalue weighted by molar-refractivity contribution is 1.17. The predicted octanol–water partition coefficient (Wildman–Crippen LogP) is 16.0. The molecule has 3 nitrogen and oxygen atoms in total. The lowest BCUT2D eigenvalue weighted by Crippen LogP contribution is -2.01. The first-order valence-corrected chi connectivity index (χ1v) is 21.7. The van der Waals surface area contributed by atoms with Gasteiger partial charge in [0.1, 0.15) is 0 Å². The summed E-state index contributed by atoms with van der Waals surface area (Å²) >= 11 is 0. The molecule has 3 heterocycles. The zero-order chi connectivity index (χ0) is 41.4. The maximum Gasteiger partial charge on any atom is 0.0641 e. The second-order valence-corrected chi connectivity index (χ2v) is 16.4. The average molecular weight is 802 g/mol. The summed E-state index contributed by atoms with van der Waals surface area (Å²) in [5.74, 6) is 0. The van der Waals surface area contributed by atoms with Crippen LogP contribution in [0.15, 0.2) is 237 Å². The van der Waals surface area contributed by atoms with Crippen molar-refractivity contribution in [2.75, 3.05) is 0 Å². The van der Waals surface area contributed by atoms with Crippen LogP contribution < -0.4 is 0 Å². The summed E-state index contributed by atoms with van der Waals surface area (Å²) in [6, 6.07) is 86.4. The molecule has 0 aliphatic carbocycles. The molecule has 294 valence electrons. The van der Waals surface area contributed by atoms with Gasteiger partial charge in [-0.05, 0) is 65.2 Å². The molecule has 0 atom stereocenters. The first-order chi connectivity index (χ1) is 31.3. The third-order valence-corrected chi connectivity index (χ3v) is 13.0. The van der Waals surface area contributed by atoms with Crippen LogP contribution in [0.4, 0.5) is 0 Å².